The number of carbonyl (C=O) groups is 4. The van der Waals surface area contributed by atoms with E-state index in [0.717, 1.165) is 24.3 Å². The average molecular weight is 280 g/mol. The Morgan fingerprint density at radius 2 is 1.05 bits per heavy atom. The van der Waals surface area contributed by atoms with Crippen LogP contribution >= 0.6 is 0 Å². The molecule has 0 aromatic rings. The highest BCUT2D eigenvalue weighted by molar-refractivity contribution is 5.96. The number of carbonyl (C=O) groups excluding carboxylic acids is 4. The first-order chi connectivity index (χ1) is 9.58. The molecule has 0 saturated carbocycles. The molecule has 0 fully saturated rings. The second-order valence-electron chi connectivity index (χ2n) is 4.14. The van der Waals surface area contributed by atoms with Crippen LogP contribution in [0.2, 0.25) is 0 Å². The zero-order valence-corrected chi connectivity index (χ0v) is 11.0. The summed E-state index contributed by atoms with van der Waals surface area (Å²) in [6.45, 7) is 0.169. The van der Waals surface area contributed by atoms with Crippen molar-refractivity contribution < 1.29 is 28.7 Å². The van der Waals surface area contributed by atoms with Crippen LogP contribution in [0.25, 0.3) is 0 Å². The third-order valence-electron chi connectivity index (χ3n) is 2.43. The topological polar surface area (TPSA) is 86.7 Å². The molecule has 0 radical (unpaired) electrons. The Morgan fingerprint density at radius 3 is 1.45 bits per heavy atom. The van der Waals surface area contributed by atoms with Gasteiger partial charge >= 0.3 is 11.9 Å². The fraction of sp³-hybridized carbons (Fsp3) is 0.429. The third kappa shape index (κ3) is 7.25. The van der Waals surface area contributed by atoms with Crippen molar-refractivity contribution in [3.8, 4) is 0 Å². The second-order valence-corrected chi connectivity index (χ2v) is 4.14. The van der Waals surface area contributed by atoms with E-state index in [4.69, 9.17) is 9.47 Å². The molecule has 1 aliphatic heterocycles. The summed E-state index contributed by atoms with van der Waals surface area (Å²) in [5, 5.41) is 0. The normalized spacial score (nSPS) is 22.8. The standard InChI is InChI=1S/C14H16O6/c15-11-3-1-9-19-13(17)8-6-12(16)4-2-10-20-14(18)7-5-11/h5-8H,1-4,9-10H2/b7-5-,8-6+. The lowest BCUT2D eigenvalue weighted by Gasteiger charge is -2.02. The predicted molar refractivity (Wildman–Crippen MR) is 68.7 cm³/mol. The monoisotopic (exact) mass is 280 g/mol. The number of rotatable bonds is 0. The smallest absolute Gasteiger partial charge is 0.330 e. The van der Waals surface area contributed by atoms with Crippen molar-refractivity contribution in [2.24, 2.45) is 0 Å². The Kier molecular flexibility index (Phi) is 6.95. The van der Waals surface area contributed by atoms with Gasteiger partial charge in [-0.05, 0) is 25.0 Å². The molecule has 1 aliphatic rings. The van der Waals surface area contributed by atoms with Crippen LogP contribution in [0, 0.1) is 0 Å². The van der Waals surface area contributed by atoms with Crippen LogP contribution in [0.5, 0.6) is 0 Å². The minimum atomic E-state index is -0.611. The maximum Gasteiger partial charge on any atom is 0.330 e. The molecule has 1 rings (SSSR count). The van der Waals surface area contributed by atoms with E-state index in [0.29, 0.717) is 12.8 Å². The first kappa shape index (κ1) is 15.8. The third-order valence-corrected chi connectivity index (χ3v) is 2.43. The second kappa shape index (κ2) is 8.79. The van der Waals surface area contributed by atoms with Crippen LogP contribution in [0.3, 0.4) is 0 Å². The molecule has 6 nitrogen and oxygen atoms in total. The molecule has 1 heterocycles. The molecule has 0 N–H and O–H groups in total. The summed E-state index contributed by atoms with van der Waals surface area (Å²) in [6.07, 6.45) is 5.43. The van der Waals surface area contributed by atoms with Gasteiger partial charge in [-0.15, -0.1) is 0 Å². The molecule has 0 aromatic carbocycles. The van der Waals surface area contributed by atoms with Gasteiger partial charge in [0.15, 0.2) is 11.6 Å². The highest BCUT2D eigenvalue weighted by Gasteiger charge is 2.05. The largest absolute Gasteiger partial charge is 0.463 e. The molecule has 108 valence electrons. The number of allylic oxidation sites excluding steroid dienone is 2. The van der Waals surface area contributed by atoms with E-state index in [1.165, 1.54) is 0 Å². The van der Waals surface area contributed by atoms with Crippen molar-refractivity contribution in [1.29, 1.82) is 0 Å². The van der Waals surface area contributed by atoms with E-state index in [-0.39, 0.29) is 37.6 Å². The lowest BCUT2D eigenvalue weighted by molar-refractivity contribution is -0.138. The molecule has 0 aromatic heterocycles. The molecule has 0 saturated heterocycles. The van der Waals surface area contributed by atoms with Gasteiger partial charge in [0.05, 0.1) is 13.2 Å². The summed E-state index contributed by atoms with van der Waals surface area (Å²) in [6, 6.07) is 0. The van der Waals surface area contributed by atoms with E-state index in [2.05, 4.69) is 0 Å². The van der Waals surface area contributed by atoms with Gasteiger partial charge in [0.25, 0.3) is 0 Å². The van der Waals surface area contributed by atoms with Crippen molar-refractivity contribution in [2.75, 3.05) is 13.2 Å². The Balaban J connectivity index is 2.57. The molecule has 0 spiro atoms. The fourth-order valence-electron chi connectivity index (χ4n) is 1.42. The van der Waals surface area contributed by atoms with Crippen molar-refractivity contribution in [1.82, 2.24) is 0 Å². The van der Waals surface area contributed by atoms with Crippen LogP contribution in [0.1, 0.15) is 25.7 Å². The number of hydrogen-bond donors (Lipinski definition) is 0. The summed E-state index contributed by atoms with van der Waals surface area (Å²) in [7, 11) is 0. The molecule has 0 atom stereocenters. The minimum absolute atomic E-state index is 0.0847. The molecule has 6 heteroatoms. The van der Waals surface area contributed by atoms with E-state index < -0.39 is 11.9 Å². The number of ether oxygens (including phenoxy) is 2. The van der Waals surface area contributed by atoms with E-state index in [1.54, 1.807) is 0 Å². The molecule has 0 unspecified atom stereocenters. The van der Waals surface area contributed by atoms with Gasteiger partial charge in [-0.1, -0.05) is 0 Å². The summed E-state index contributed by atoms with van der Waals surface area (Å²) in [5.74, 6) is -1.70. The first-order valence-corrected chi connectivity index (χ1v) is 6.33. The number of esters is 2. The molecule has 0 bridgehead atoms. The van der Waals surface area contributed by atoms with Gasteiger partial charge < -0.3 is 9.47 Å². The molecule has 0 aliphatic carbocycles. The van der Waals surface area contributed by atoms with Crippen LogP contribution in [0.15, 0.2) is 24.3 Å². The fourth-order valence-corrected chi connectivity index (χ4v) is 1.42. The molecular formula is C14H16O6. The van der Waals surface area contributed by atoms with Crippen LogP contribution in [-0.2, 0) is 28.7 Å². The van der Waals surface area contributed by atoms with E-state index in [1.807, 2.05) is 0 Å². The Hall–Kier alpha value is -2.24. The average Bonchev–Trinajstić information content (AvgIpc) is 2.42. The molecule has 20 heavy (non-hydrogen) atoms. The van der Waals surface area contributed by atoms with Crippen LogP contribution in [-0.4, -0.2) is 36.7 Å². The van der Waals surface area contributed by atoms with Gasteiger partial charge in [-0.2, -0.15) is 0 Å². The lowest BCUT2D eigenvalue weighted by atomic mass is 10.2. The van der Waals surface area contributed by atoms with Crippen molar-refractivity contribution >= 4 is 23.5 Å². The van der Waals surface area contributed by atoms with Crippen molar-refractivity contribution in [3.05, 3.63) is 24.3 Å². The maximum absolute atomic E-state index is 11.4. The van der Waals surface area contributed by atoms with E-state index in [9.17, 15) is 19.2 Å². The SMILES string of the molecule is O=C1/C=C\C(=O)OCCCC(=O)/C=C/C(=O)OCCC1. The summed E-state index contributed by atoms with van der Waals surface area (Å²) in [4.78, 5) is 45.1. The summed E-state index contributed by atoms with van der Waals surface area (Å²) < 4.78 is 9.63. The van der Waals surface area contributed by atoms with Gasteiger partial charge in [-0.25, -0.2) is 9.59 Å². The number of hydrogen-bond acceptors (Lipinski definition) is 6. The van der Waals surface area contributed by atoms with Gasteiger partial charge in [0.1, 0.15) is 0 Å². The Morgan fingerprint density at radius 1 is 0.650 bits per heavy atom. The zero-order chi connectivity index (χ0) is 14.8. The summed E-state index contributed by atoms with van der Waals surface area (Å²) >= 11 is 0. The van der Waals surface area contributed by atoms with Crippen LogP contribution < -0.4 is 0 Å². The minimum Gasteiger partial charge on any atom is -0.463 e. The van der Waals surface area contributed by atoms with Crippen LogP contribution in [0.4, 0.5) is 0 Å². The molecular weight excluding hydrogens is 264 g/mol. The Bertz CT molecular complexity index is 365. The Labute approximate surface area is 116 Å². The van der Waals surface area contributed by atoms with Crippen molar-refractivity contribution in [2.45, 2.75) is 25.7 Å². The van der Waals surface area contributed by atoms with Gasteiger partial charge in [-0.3, -0.25) is 9.59 Å². The van der Waals surface area contributed by atoms with Crippen molar-refractivity contribution in [3.63, 3.8) is 0 Å². The van der Waals surface area contributed by atoms with E-state index >= 15 is 0 Å². The maximum atomic E-state index is 11.4. The first-order valence-electron chi connectivity index (χ1n) is 6.33. The highest BCUT2D eigenvalue weighted by atomic mass is 16.5. The number of ketones is 2. The van der Waals surface area contributed by atoms with Gasteiger partial charge in [0, 0.05) is 25.0 Å². The summed E-state index contributed by atoms with van der Waals surface area (Å²) in [5.41, 5.74) is 0. The zero-order valence-electron chi connectivity index (χ0n) is 11.0. The quantitative estimate of drug-likeness (QED) is 0.613. The van der Waals surface area contributed by atoms with Gasteiger partial charge in [0.2, 0.25) is 0 Å². The number of cyclic esters (lactones) is 2. The predicted octanol–water partition coefficient (Wildman–Crippen LogP) is 0.897. The molecule has 0 amide bonds. The highest BCUT2D eigenvalue weighted by Crippen LogP contribution is 1.99. The lowest BCUT2D eigenvalue weighted by Crippen LogP contribution is -2.08.